The van der Waals surface area contributed by atoms with Crippen LogP contribution in [0.25, 0.3) is 0 Å². The summed E-state index contributed by atoms with van der Waals surface area (Å²) in [5.74, 6) is 0.734. The van der Waals surface area contributed by atoms with Crippen molar-refractivity contribution in [2.45, 2.75) is 25.8 Å². The molecule has 0 unspecified atom stereocenters. The van der Waals surface area contributed by atoms with Gasteiger partial charge in [-0.25, -0.2) is 0 Å². The number of likely N-dealkylation sites (tertiary alicyclic amines) is 1. The summed E-state index contributed by atoms with van der Waals surface area (Å²) in [4.78, 5) is 13.7. The van der Waals surface area contributed by atoms with E-state index in [0.717, 1.165) is 25.2 Å². The molecule has 0 radical (unpaired) electrons. The summed E-state index contributed by atoms with van der Waals surface area (Å²) < 4.78 is 11.2. The van der Waals surface area contributed by atoms with Crippen molar-refractivity contribution < 1.29 is 14.3 Å². The van der Waals surface area contributed by atoms with Gasteiger partial charge in [0.1, 0.15) is 13.0 Å². The third-order valence-corrected chi connectivity index (χ3v) is 4.15. The molecule has 1 amide bonds. The Morgan fingerprint density at radius 3 is 2.83 bits per heavy atom. The highest BCUT2D eigenvalue weighted by Crippen LogP contribution is 2.36. The number of carbonyl (C=O) groups excluding carboxylic acids is 1. The Morgan fingerprint density at radius 1 is 1.42 bits per heavy atom. The van der Waals surface area contributed by atoms with Gasteiger partial charge in [0, 0.05) is 13.1 Å². The average molecular weight is 352 g/mol. The Balaban J connectivity index is 1.95. The van der Waals surface area contributed by atoms with E-state index >= 15 is 0 Å². The van der Waals surface area contributed by atoms with E-state index in [9.17, 15) is 4.79 Å². The lowest BCUT2D eigenvalue weighted by atomic mass is 10.2. The molecule has 0 aromatic heterocycles. The van der Waals surface area contributed by atoms with Crippen LogP contribution >= 0.6 is 11.6 Å². The molecule has 0 spiro atoms. The van der Waals surface area contributed by atoms with E-state index in [2.05, 4.69) is 10.2 Å². The number of benzene rings is 1. The fraction of sp³-hybridized carbons (Fsp3) is 0.529. The molecule has 1 fully saturated rings. The molecule has 1 saturated heterocycles. The first-order chi connectivity index (χ1) is 11.6. The first kappa shape index (κ1) is 18.4. The quantitative estimate of drug-likeness (QED) is 0.778. The van der Waals surface area contributed by atoms with Gasteiger partial charge in [0.15, 0.2) is 11.5 Å². The molecule has 0 bridgehead atoms. The number of carbonyl (C=O) groups is 1. The van der Waals surface area contributed by atoms with Gasteiger partial charge < -0.3 is 14.8 Å². The normalized spacial score (nSPS) is 14.2. The first-order valence-electron chi connectivity index (χ1n) is 7.99. The Hall–Kier alpha value is -1.97. The van der Waals surface area contributed by atoms with Crippen LogP contribution in [0, 0.1) is 11.3 Å². The highest BCUT2D eigenvalue weighted by atomic mass is 35.5. The number of rotatable bonds is 8. The van der Waals surface area contributed by atoms with E-state index in [4.69, 9.17) is 26.3 Å². The predicted octanol–water partition coefficient (Wildman–Crippen LogP) is 2.35. The molecule has 130 valence electrons. The lowest BCUT2D eigenvalue weighted by Crippen LogP contribution is -2.25. The lowest BCUT2D eigenvalue weighted by molar-refractivity contribution is -0.120. The predicted molar refractivity (Wildman–Crippen MR) is 91.2 cm³/mol. The van der Waals surface area contributed by atoms with E-state index in [-0.39, 0.29) is 18.9 Å². The zero-order valence-electron chi connectivity index (χ0n) is 13.8. The van der Waals surface area contributed by atoms with Crippen molar-refractivity contribution in [3.63, 3.8) is 0 Å². The summed E-state index contributed by atoms with van der Waals surface area (Å²) in [6.07, 6.45) is 2.33. The van der Waals surface area contributed by atoms with Gasteiger partial charge >= 0.3 is 0 Å². The molecule has 0 aliphatic carbocycles. The van der Waals surface area contributed by atoms with Crippen LogP contribution in [0.1, 0.15) is 24.8 Å². The Bertz CT molecular complexity index is 610. The summed E-state index contributed by atoms with van der Waals surface area (Å²) >= 11 is 6.30. The Kier molecular flexibility index (Phi) is 7.16. The van der Waals surface area contributed by atoms with Crippen molar-refractivity contribution in [2.24, 2.45) is 0 Å². The maximum Gasteiger partial charge on any atom is 0.234 e. The Labute approximate surface area is 147 Å². The van der Waals surface area contributed by atoms with Crippen LogP contribution in [-0.2, 0) is 11.3 Å². The minimum Gasteiger partial charge on any atom is -0.493 e. The van der Waals surface area contributed by atoms with Crippen molar-refractivity contribution in [3.05, 3.63) is 22.7 Å². The van der Waals surface area contributed by atoms with Gasteiger partial charge in [-0.2, -0.15) is 5.26 Å². The SMILES string of the molecule is COc1cc(CNC(=O)CC#N)cc(Cl)c1OCCN1CCCC1. The molecule has 1 aliphatic rings. The molecule has 6 nitrogen and oxygen atoms in total. The molecule has 1 N–H and O–H groups in total. The van der Waals surface area contributed by atoms with Crippen LogP contribution in [0.15, 0.2) is 12.1 Å². The largest absolute Gasteiger partial charge is 0.493 e. The number of halogens is 1. The summed E-state index contributed by atoms with van der Waals surface area (Å²) in [6.45, 7) is 3.94. The zero-order chi connectivity index (χ0) is 17.4. The third-order valence-electron chi connectivity index (χ3n) is 3.87. The van der Waals surface area contributed by atoms with Crippen LogP contribution in [-0.4, -0.2) is 44.2 Å². The number of hydrogen-bond donors (Lipinski definition) is 1. The minimum absolute atomic E-state index is 0.164. The van der Waals surface area contributed by atoms with Crippen molar-refractivity contribution in [3.8, 4) is 17.6 Å². The van der Waals surface area contributed by atoms with Gasteiger partial charge in [-0.1, -0.05) is 11.6 Å². The lowest BCUT2D eigenvalue weighted by Gasteiger charge is -2.17. The minimum atomic E-state index is -0.321. The summed E-state index contributed by atoms with van der Waals surface area (Å²) in [5.41, 5.74) is 0.787. The van der Waals surface area contributed by atoms with Crippen LogP contribution in [0.3, 0.4) is 0 Å². The van der Waals surface area contributed by atoms with E-state index in [1.54, 1.807) is 25.3 Å². The molecule has 2 rings (SSSR count). The summed E-state index contributed by atoms with van der Waals surface area (Å²) in [5, 5.41) is 11.6. The molecule has 1 aromatic carbocycles. The first-order valence-corrected chi connectivity index (χ1v) is 8.37. The number of nitrogens with one attached hydrogen (secondary N) is 1. The molecular formula is C17H22ClN3O3. The number of hydrogen-bond acceptors (Lipinski definition) is 5. The molecule has 7 heteroatoms. The van der Waals surface area contributed by atoms with Gasteiger partial charge in [-0.3, -0.25) is 9.69 Å². The van der Waals surface area contributed by atoms with Gasteiger partial charge in [-0.15, -0.1) is 0 Å². The second-order valence-electron chi connectivity index (χ2n) is 5.62. The molecule has 24 heavy (non-hydrogen) atoms. The highest BCUT2D eigenvalue weighted by molar-refractivity contribution is 6.32. The van der Waals surface area contributed by atoms with Crippen LogP contribution < -0.4 is 14.8 Å². The van der Waals surface area contributed by atoms with Crippen molar-refractivity contribution in [1.82, 2.24) is 10.2 Å². The van der Waals surface area contributed by atoms with Gasteiger partial charge in [0.2, 0.25) is 5.91 Å². The third kappa shape index (κ3) is 5.29. The number of methoxy groups -OCH3 is 1. The number of ether oxygens (including phenoxy) is 2. The van der Waals surface area contributed by atoms with Gasteiger partial charge in [0.25, 0.3) is 0 Å². The second kappa shape index (κ2) is 9.36. The topological polar surface area (TPSA) is 74.6 Å². The van der Waals surface area contributed by atoms with Crippen LogP contribution in [0.2, 0.25) is 5.02 Å². The van der Waals surface area contributed by atoms with E-state index < -0.39 is 0 Å². The fourth-order valence-corrected chi connectivity index (χ4v) is 2.92. The number of amides is 1. The van der Waals surface area contributed by atoms with Crippen LogP contribution in [0.4, 0.5) is 0 Å². The van der Waals surface area contributed by atoms with Gasteiger partial charge in [-0.05, 0) is 43.6 Å². The zero-order valence-corrected chi connectivity index (χ0v) is 14.6. The molecule has 0 atom stereocenters. The summed E-state index contributed by atoms with van der Waals surface area (Å²) in [6, 6.07) is 5.33. The molecular weight excluding hydrogens is 330 g/mol. The second-order valence-corrected chi connectivity index (χ2v) is 6.03. The van der Waals surface area contributed by atoms with Crippen molar-refractivity contribution in [1.29, 1.82) is 5.26 Å². The average Bonchev–Trinajstić information content (AvgIpc) is 3.08. The number of nitrogens with zero attached hydrogens (tertiary/aromatic N) is 2. The van der Waals surface area contributed by atoms with Crippen molar-refractivity contribution >= 4 is 17.5 Å². The molecule has 1 aromatic rings. The van der Waals surface area contributed by atoms with E-state index in [1.165, 1.54) is 12.8 Å². The van der Waals surface area contributed by atoms with E-state index in [0.29, 0.717) is 23.1 Å². The number of nitriles is 1. The molecule has 0 saturated carbocycles. The van der Waals surface area contributed by atoms with Crippen molar-refractivity contribution in [2.75, 3.05) is 33.4 Å². The fourth-order valence-electron chi connectivity index (χ4n) is 2.63. The smallest absolute Gasteiger partial charge is 0.234 e. The molecule has 1 aliphatic heterocycles. The highest BCUT2D eigenvalue weighted by Gasteiger charge is 2.15. The maximum absolute atomic E-state index is 11.4. The van der Waals surface area contributed by atoms with Crippen LogP contribution in [0.5, 0.6) is 11.5 Å². The van der Waals surface area contributed by atoms with Gasteiger partial charge in [0.05, 0.1) is 18.2 Å². The Morgan fingerprint density at radius 2 is 2.17 bits per heavy atom. The standard InChI is InChI=1S/C17H22ClN3O3/c1-23-15-11-13(12-20-16(22)4-5-19)10-14(18)17(15)24-9-8-21-6-2-3-7-21/h10-11H,2-4,6-9,12H2,1H3,(H,20,22). The molecule has 1 heterocycles. The maximum atomic E-state index is 11.4. The monoisotopic (exact) mass is 351 g/mol. The van der Waals surface area contributed by atoms with E-state index in [1.807, 2.05) is 0 Å². The summed E-state index contributed by atoms with van der Waals surface area (Å²) in [7, 11) is 1.55.